The van der Waals surface area contributed by atoms with Crippen molar-refractivity contribution < 1.29 is 19.3 Å². The summed E-state index contributed by atoms with van der Waals surface area (Å²) in [5.41, 5.74) is -0.00186. The minimum atomic E-state index is -0.551. The van der Waals surface area contributed by atoms with Crippen molar-refractivity contribution in [2.45, 2.75) is 57.5 Å². The molecule has 2 atom stereocenters. The first-order valence-corrected chi connectivity index (χ1v) is 8.99. The van der Waals surface area contributed by atoms with E-state index < -0.39 is 12.4 Å². The minimum absolute atomic E-state index is 0.00186. The maximum atomic E-state index is 10.6. The highest BCUT2D eigenvalue weighted by Gasteiger charge is 2.42. The molecule has 5 heteroatoms. The Morgan fingerprint density at radius 3 is 2.50 bits per heavy atom. The number of aliphatic hydroxyl groups excluding tert-OH is 1. The van der Waals surface area contributed by atoms with Crippen LogP contribution in [0, 0.1) is 5.92 Å². The first kappa shape index (κ1) is 16.6. The molecule has 0 radical (unpaired) electrons. The predicted octanol–water partition coefficient (Wildman–Crippen LogP) is 2.44. The van der Waals surface area contributed by atoms with Crippen molar-refractivity contribution in [3.05, 3.63) is 0 Å². The number of ether oxygens (including phenoxy) is 3. The largest absolute Gasteiger partial charge is 0.388 e. The van der Waals surface area contributed by atoms with Crippen molar-refractivity contribution in [2.75, 3.05) is 31.3 Å². The summed E-state index contributed by atoms with van der Waals surface area (Å²) < 4.78 is 17.2. The van der Waals surface area contributed by atoms with Gasteiger partial charge in [-0.1, -0.05) is 0 Å². The SMILES string of the molecule is CCOC(OCC)C(O)C1CCOC2(CCSCC2)C1. The molecule has 0 bridgehead atoms. The van der Waals surface area contributed by atoms with E-state index in [9.17, 15) is 5.11 Å². The number of hydrogen-bond acceptors (Lipinski definition) is 5. The van der Waals surface area contributed by atoms with Crippen molar-refractivity contribution in [1.29, 1.82) is 0 Å². The summed E-state index contributed by atoms with van der Waals surface area (Å²) in [5, 5.41) is 10.6. The van der Waals surface area contributed by atoms with E-state index in [0.717, 1.165) is 32.3 Å². The summed E-state index contributed by atoms with van der Waals surface area (Å²) in [6.07, 6.45) is 3.00. The highest BCUT2D eigenvalue weighted by Crippen LogP contribution is 2.41. The number of hydrogen-bond donors (Lipinski definition) is 1. The van der Waals surface area contributed by atoms with E-state index in [4.69, 9.17) is 14.2 Å². The van der Waals surface area contributed by atoms with Gasteiger partial charge in [-0.2, -0.15) is 11.8 Å². The van der Waals surface area contributed by atoms with Gasteiger partial charge in [0.1, 0.15) is 6.10 Å². The van der Waals surface area contributed by atoms with Gasteiger partial charge in [0.2, 0.25) is 0 Å². The zero-order chi connectivity index (χ0) is 14.4. The minimum Gasteiger partial charge on any atom is -0.388 e. The molecule has 2 rings (SSSR count). The maximum absolute atomic E-state index is 10.6. The van der Waals surface area contributed by atoms with Crippen LogP contribution >= 0.6 is 11.8 Å². The molecule has 2 saturated heterocycles. The maximum Gasteiger partial charge on any atom is 0.183 e. The molecule has 20 heavy (non-hydrogen) atoms. The van der Waals surface area contributed by atoms with Gasteiger partial charge in [-0.15, -0.1) is 0 Å². The van der Waals surface area contributed by atoms with Crippen LogP contribution < -0.4 is 0 Å². The molecule has 1 spiro atoms. The summed E-state index contributed by atoms with van der Waals surface area (Å²) in [5.74, 6) is 2.56. The molecule has 0 aliphatic carbocycles. The van der Waals surface area contributed by atoms with E-state index in [-0.39, 0.29) is 11.5 Å². The van der Waals surface area contributed by atoms with Gasteiger partial charge in [0.15, 0.2) is 6.29 Å². The molecular weight excluding hydrogens is 276 g/mol. The normalized spacial score (nSPS) is 27.9. The molecule has 2 fully saturated rings. The van der Waals surface area contributed by atoms with Crippen molar-refractivity contribution in [1.82, 2.24) is 0 Å². The third kappa shape index (κ3) is 4.10. The lowest BCUT2D eigenvalue weighted by molar-refractivity contribution is -0.218. The fourth-order valence-electron chi connectivity index (χ4n) is 3.25. The second-order valence-corrected chi connectivity index (χ2v) is 6.89. The van der Waals surface area contributed by atoms with E-state index in [0.29, 0.717) is 13.2 Å². The third-order valence-corrected chi connectivity index (χ3v) is 5.34. The predicted molar refractivity (Wildman–Crippen MR) is 81.0 cm³/mol. The van der Waals surface area contributed by atoms with Crippen LogP contribution in [0.15, 0.2) is 0 Å². The topological polar surface area (TPSA) is 47.9 Å². The number of rotatable bonds is 6. The first-order valence-electron chi connectivity index (χ1n) is 7.84. The highest BCUT2D eigenvalue weighted by molar-refractivity contribution is 7.99. The quantitative estimate of drug-likeness (QED) is 0.764. The van der Waals surface area contributed by atoms with Crippen LogP contribution in [0.4, 0.5) is 0 Å². The lowest BCUT2D eigenvalue weighted by Crippen LogP contribution is -2.48. The molecular formula is C15H28O4S. The summed E-state index contributed by atoms with van der Waals surface area (Å²) in [6, 6.07) is 0. The van der Waals surface area contributed by atoms with Crippen molar-refractivity contribution in [3.63, 3.8) is 0 Å². The average Bonchev–Trinajstić information content (AvgIpc) is 2.47. The Kier molecular flexibility index (Phi) is 6.62. The Hall–Kier alpha value is 0.190. The van der Waals surface area contributed by atoms with Crippen LogP contribution in [0.2, 0.25) is 0 Å². The van der Waals surface area contributed by atoms with E-state index in [1.165, 1.54) is 11.5 Å². The van der Waals surface area contributed by atoms with Crippen LogP contribution in [-0.2, 0) is 14.2 Å². The molecule has 2 aliphatic heterocycles. The van der Waals surface area contributed by atoms with Crippen LogP contribution in [0.1, 0.15) is 39.5 Å². The molecule has 2 aliphatic rings. The summed E-state index contributed by atoms with van der Waals surface area (Å²) in [6.45, 7) is 5.74. The van der Waals surface area contributed by atoms with E-state index in [1.54, 1.807) is 0 Å². The van der Waals surface area contributed by atoms with Crippen molar-refractivity contribution in [3.8, 4) is 0 Å². The Balaban J connectivity index is 1.95. The van der Waals surface area contributed by atoms with Gasteiger partial charge in [0, 0.05) is 19.8 Å². The van der Waals surface area contributed by atoms with Crippen LogP contribution in [0.5, 0.6) is 0 Å². The molecule has 0 aromatic rings. The van der Waals surface area contributed by atoms with E-state index in [2.05, 4.69) is 0 Å². The Morgan fingerprint density at radius 2 is 1.90 bits per heavy atom. The summed E-state index contributed by atoms with van der Waals surface area (Å²) in [7, 11) is 0. The smallest absolute Gasteiger partial charge is 0.183 e. The summed E-state index contributed by atoms with van der Waals surface area (Å²) >= 11 is 2.00. The molecule has 1 N–H and O–H groups in total. The molecule has 2 heterocycles. The second-order valence-electron chi connectivity index (χ2n) is 5.67. The fraction of sp³-hybridized carbons (Fsp3) is 1.00. The molecule has 0 aromatic heterocycles. The van der Waals surface area contributed by atoms with Gasteiger partial charge in [0.05, 0.1) is 5.60 Å². The molecule has 0 amide bonds. The van der Waals surface area contributed by atoms with Gasteiger partial charge in [0.25, 0.3) is 0 Å². The van der Waals surface area contributed by atoms with Gasteiger partial charge in [-0.05, 0) is 57.0 Å². The standard InChI is InChI=1S/C15H28O4S/c1-3-17-14(18-4-2)13(16)12-5-8-19-15(11-12)6-9-20-10-7-15/h12-14,16H,3-11H2,1-2H3. The average molecular weight is 304 g/mol. The number of aliphatic hydroxyl groups is 1. The molecule has 4 nitrogen and oxygen atoms in total. The van der Waals surface area contributed by atoms with Crippen LogP contribution in [0.3, 0.4) is 0 Å². The van der Waals surface area contributed by atoms with Gasteiger partial charge in [-0.25, -0.2) is 0 Å². The summed E-state index contributed by atoms with van der Waals surface area (Å²) in [4.78, 5) is 0. The monoisotopic (exact) mass is 304 g/mol. The van der Waals surface area contributed by atoms with E-state index in [1.807, 2.05) is 25.6 Å². The lowest BCUT2D eigenvalue weighted by Gasteiger charge is -2.45. The zero-order valence-corrected chi connectivity index (χ0v) is 13.5. The van der Waals surface area contributed by atoms with Gasteiger partial charge < -0.3 is 19.3 Å². The highest BCUT2D eigenvalue weighted by atomic mass is 32.2. The molecule has 0 saturated carbocycles. The zero-order valence-electron chi connectivity index (χ0n) is 12.7. The van der Waals surface area contributed by atoms with Gasteiger partial charge in [-0.3, -0.25) is 0 Å². The fourth-order valence-corrected chi connectivity index (χ4v) is 4.48. The Labute approximate surface area is 126 Å². The second kappa shape index (κ2) is 7.99. The van der Waals surface area contributed by atoms with Crippen molar-refractivity contribution >= 4 is 11.8 Å². The molecule has 118 valence electrons. The van der Waals surface area contributed by atoms with E-state index >= 15 is 0 Å². The Morgan fingerprint density at radius 1 is 1.25 bits per heavy atom. The molecule has 0 aromatic carbocycles. The van der Waals surface area contributed by atoms with Gasteiger partial charge >= 0.3 is 0 Å². The Bertz CT molecular complexity index is 270. The van der Waals surface area contributed by atoms with Crippen molar-refractivity contribution in [2.24, 2.45) is 5.92 Å². The first-order chi connectivity index (χ1) is 9.71. The molecule has 2 unspecified atom stereocenters. The lowest BCUT2D eigenvalue weighted by atomic mass is 9.79. The number of thioether (sulfide) groups is 1. The third-order valence-electron chi connectivity index (χ3n) is 4.36. The van der Waals surface area contributed by atoms with Crippen LogP contribution in [-0.4, -0.2) is 54.4 Å². The van der Waals surface area contributed by atoms with Crippen LogP contribution in [0.25, 0.3) is 0 Å².